The largest absolute Gasteiger partial charge is 0.387 e. The van der Waals surface area contributed by atoms with E-state index in [1.165, 1.54) is 6.33 Å². The number of aliphatic hydroxyl groups excluding tert-OH is 3. The van der Waals surface area contributed by atoms with Crippen molar-refractivity contribution >= 4 is 21.9 Å². The molecule has 5 unspecified atom stereocenters. The van der Waals surface area contributed by atoms with E-state index in [2.05, 4.69) is 15.0 Å². The van der Waals surface area contributed by atoms with Gasteiger partial charge in [0.2, 0.25) is 0 Å². The van der Waals surface area contributed by atoms with Crippen molar-refractivity contribution < 1.29 is 20.1 Å². The van der Waals surface area contributed by atoms with Crippen molar-refractivity contribution in [3.05, 3.63) is 60.3 Å². The Morgan fingerprint density at radius 2 is 2.00 bits per heavy atom. The first-order valence-corrected chi connectivity index (χ1v) is 9.10. The molecule has 8 nitrogen and oxygen atoms in total. The Kier molecular flexibility index (Phi) is 3.95. The molecule has 1 aliphatic rings. The number of rotatable bonds is 3. The Morgan fingerprint density at radius 1 is 1.14 bits per heavy atom. The van der Waals surface area contributed by atoms with Gasteiger partial charge < -0.3 is 29.6 Å². The van der Waals surface area contributed by atoms with Gasteiger partial charge in [0.15, 0.2) is 6.23 Å². The summed E-state index contributed by atoms with van der Waals surface area (Å²) >= 11 is 0. The van der Waals surface area contributed by atoms with E-state index in [4.69, 9.17) is 4.74 Å². The smallest absolute Gasteiger partial charge is 0.164 e. The van der Waals surface area contributed by atoms with Crippen LogP contribution >= 0.6 is 0 Å². The maximum Gasteiger partial charge on any atom is 0.164 e. The molecular formula is C20H20N4O4. The summed E-state index contributed by atoms with van der Waals surface area (Å²) in [4.78, 5) is 11.6. The number of hydrogen-bond donors (Lipinski definition) is 4. The molecule has 0 amide bonds. The molecule has 1 saturated heterocycles. The summed E-state index contributed by atoms with van der Waals surface area (Å²) in [6.07, 6.45) is -0.469. The van der Waals surface area contributed by atoms with Gasteiger partial charge >= 0.3 is 0 Å². The highest BCUT2D eigenvalue weighted by atomic mass is 16.6. The van der Waals surface area contributed by atoms with Crippen molar-refractivity contribution in [2.75, 3.05) is 0 Å². The van der Waals surface area contributed by atoms with Crippen molar-refractivity contribution in [3.8, 4) is 0 Å². The van der Waals surface area contributed by atoms with Crippen LogP contribution in [0.3, 0.4) is 0 Å². The van der Waals surface area contributed by atoms with E-state index < -0.39 is 30.6 Å². The number of benzene rings is 1. The van der Waals surface area contributed by atoms with Gasteiger partial charge in [0.05, 0.1) is 11.2 Å². The molecule has 0 aliphatic carbocycles. The quantitative estimate of drug-likeness (QED) is 0.429. The minimum absolute atomic E-state index is 0.602. The number of fused-ring (bicyclic) bond motifs is 2. The maximum atomic E-state index is 10.9. The van der Waals surface area contributed by atoms with E-state index in [-0.39, 0.29) is 0 Å². The Labute approximate surface area is 160 Å². The van der Waals surface area contributed by atoms with Crippen molar-refractivity contribution in [1.29, 1.82) is 0 Å². The van der Waals surface area contributed by atoms with Gasteiger partial charge in [-0.05, 0) is 24.4 Å². The van der Waals surface area contributed by atoms with Crippen LogP contribution in [-0.4, -0.2) is 53.2 Å². The lowest BCUT2D eigenvalue weighted by Gasteiger charge is -2.22. The minimum Gasteiger partial charge on any atom is -0.387 e. The summed E-state index contributed by atoms with van der Waals surface area (Å²) in [6, 6.07) is 9.30. The number of H-pyrrole nitrogens is 1. The molecule has 3 aromatic heterocycles. The van der Waals surface area contributed by atoms with Gasteiger partial charge in [0.1, 0.15) is 36.4 Å². The molecular weight excluding hydrogens is 360 g/mol. The van der Waals surface area contributed by atoms with Crippen LogP contribution in [0.2, 0.25) is 0 Å². The summed E-state index contributed by atoms with van der Waals surface area (Å²) in [5.41, 5.74) is 2.80. The van der Waals surface area contributed by atoms with E-state index >= 15 is 0 Å². The first-order valence-electron chi connectivity index (χ1n) is 9.10. The highest BCUT2D eigenvalue weighted by molar-refractivity contribution is 5.83. The normalized spacial score (nSPS) is 26.3. The Balaban J connectivity index is 1.51. The van der Waals surface area contributed by atoms with Gasteiger partial charge in [-0.2, -0.15) is 0 Å². The van der Waals surface area contributed by atoms with E-state index in [0.717, 1.165) is 22.0 Å². The molecule has 5 atom stereocenters. The average molecular weight is 380 g/mol. The van der Waals surface area contributed by atoms with Gasteiger partial charge in [-0.1, -0.05) is 18.2 Å². The number of nitrogens with zero attached hydrogens (tertiary/aromatic N) is 3. The highest BCUT2D eigenvalue weighted by Crippen LogP contribution is 2.38. The fourth-order valence-electron chi connectivity index (χ4n) is 4.01. The van der Waals surface area contributed by atoms with Crippen LogP contribution < -0.4 is 0 Å². The summed E-state index contributed by atoms with van der Waals surface area (Å²) in [5.74, 6) is 0. The first kappa shape index (κ1) is 17.3. The lowest BCUT2D eigenvalue weighted by Crippen LogP contribution is -2.34. The average Bonchev–Trinajstić information content (AvgIpc) is 3.40. The Morgan fingerprint density at radius 3 is 2.86 bits per heavy atom. The minimum atomic E-state index is -1.26. The molecule has 1 aliphatic heterocycles. The second kappa shape index (κ2) is 6.39. The van der Waals surface area contributed by atoms with Crippen molar-refractivity contribution in [3.63, 3.8) is 0 Å². The van der Waals surface area contributed by atoms with Gasteiger partial charge in [-0.3, -0.25) is 0 Å². The second-order valence-electron chi connectivity index (χ2n) is 7.13. The predicted molar refractivity (Wildman–Crippen MR) is 101 cm³/mol. The molecule has 1 aromatic carbocycles. The van der Waals surface area contributed by atoms with Gasteiger partial charge in [-0.15, -0.1) is 0 Å². The monoisotopic (exact) mass is 380 g/mol. The van der Waals surface area contributed by atoms with Gasteiger partial charge in [-0.25, -0.2) is 9.97 Å². The van der Waals surface area contributed by atoms with Crippen molar-refractivity contribution in [1.82, 2.24) is 19.5 Å². The molecule has 4 heterocycles. The zero-order valence-corrected chi connectivity index (χ0v) is 15.1. The summed E-state index contributed by atoms with van der Waals surface area (Å²) in [6.45, 7) is 1.87. The fraction of sp³-hybridized carbons (Fsp3) is 0.300. The molecule has 0 radical (unpaired) electrons. The summed E-state index contributed by atoms with van der Waals surface area (Å²) < 4.78 is 7.63. The van der Waals surface area contributed by atoms with E-state index in [1.807, 2.05) is 31.2 Å². The topological polar surface area (TPSA) is 116 Å². The van der Waals surface area contributed by atoms with Crippen LogP contribution in [0.5, 0.6) is 0 Å². The molecule has 28 heavy (non-hydrogen) atoms. The zero-order chi connectivity index (χ0) is 19.4. The molecule has 8 heteroatoms. The molecule has 5 rings (SSSR count). The Hall–Kier alpha value is -2.78. The van der Waals surface area contributed by atoms with Crippen LogP contribution in [0.1, 0.15) is 23.6 Å². The number of nitrogens with one attached hydrogen (secondary N) is 1. The summed E-state index contributed by atoms with van der Waals surface area (Å²) in [7, 11) is 0. The van der Waals surface area contributed by atoms with Crippen LogP contribution in [0.15, 0.2) is 49.1 Å². The number of hydrogen-bond acceptors (Lipinski definition) is 6. The van der Waals surface area contributed by atoms with Crippen LogP contribution in [0.4, 0.5) is 0 Å². The van der Waals surface area contributed by atoms with E-state index in [1.54, 1.807) is 23.0 Å². The Bertz CT molecular complexity index is 1150. The highest BCUT2D eigenvalue weighted by Gasteiger charge is 2.47. The molecule has 0 bridgehead atoms. The molecule has 4 N–H and O–H groups in total. The molecule has 1 fully saturated rings. The van der Waals surface area contributed by atoms with Crippen LogP contribution in [-0.2, 0) is 4.74 Å². The lowest BCUT2D eigenvalue weighted by molar-refractivity contribution is -0.0844. The third kappa shape index (κ3) is 2.46. The van der Waals surface area contributed by atoms with Gasteiger partial charge in [0.25, 0.3) is 0 Å². The van der Waals surface area contributed by atoms with E-state index in [9.17, 15) is 15.3 Å². The summed E-state index contributed by atoms with van der Waals surface area (Å²) in [5, 5.41) is 34.0. The van der Waals surface area contributed by atoms with E-state index in [0.29, 0.717) is 11.2 Å². The molecule has 4 aromatic rings. The van der Waals surface area contributed by atoms with Crippen LogP contribution in [0, 0.1) is 6.92 Å². The number of aromatic amines is 1. The predicted octanol–water partition coefficient (Wildman–Crippen LogP) is 1.57. The number of aromatic nitrogens is 4. The second-order valence-corrected chi connectivity index (χ2v) is 7.13. The number of para-hydroxylation sites is 1. The molecule has 144 valence electrons. The van der Waals surface area contributed by atoms with Gasteiger partial charge in [0, 0.05) is 23.3 Å². The number of aliphatic hydroxyl groups is 3. The first-order chi connectivity index (χ1) is 13.6. The number of ether oxygens (including phenoxy) is 1. The van der Waals surface area contributed by atoms with Crippen molar-refractivity contribution in [2.24, 2.45) is 0 Å². The van der Waals surface area contributed by atoms with Crippen molar-refractivity contribution in [2.45, 2.75) is 37.6 Å². The standard InChI is InChI=1S/C20H20N4O4/c1-10-12-6-8-24(19(12)23-9-22-10)20-17(27)16(26)18(28-20)15(25)13-4-2-3-11-5-7-21-14(11)13/h2-9,15-18,20-21,25-27H,1H3. The van der Waals surface area contributed by atoms with Crippen LogP contribution in [0.25, 0.3) is 21.9 Å². The molecule has 0 saturated carbocycles. The SMILES string of the molecule is Cc1ncnc2c1ccn2C1OC(C(O)c2cccc3cc[nH]c23)C(O)C1O. The zero-order valence-electron chi connectivity index (χ0n) is 15.1. The lowest BCUT2D eigenvalue weighted by atomic mass is 9.97. The third-order valence-corrected chi connectivity index (χ3v) is 5.51. The maximum absolute atomic E-state index is 10.9. The number of aryl methyl sites for hydroxylation is 1. The third-order valence-electron chi connectivity index (χ3n) is 5.51. The fourth-order valence-corrected chi connectivity index (χ4v) is 4.01. The molecule has 0 spiro atoms.